The maximum absolute atomic E-state index is 14.2. The lowest BCUT2D eigenvalue weighted by molar-refractivity contribution is -0.295. The second-order valence-corrected chi connectivity index (χ2v) is 6.16. The van der Waals surface area contributed by atoms with Crippen LogP contribution in [-0.4, -0.2) is 6.18 Å². The molecule has 6 heteroatoms. The van der Waals surface area contributed by atoms with E-state index in [1.54, 1.807) is 60.7 Å². The van der Waals surface area contributed by atoms with Crippen LogP contribution in [0.4, 0.5) is 22.0 Å². The number of rotatable bonds is 1. The first-order chi connectivity index (χ1) is 13.3. The summed E-state index contributed by atoms with van der Waals surface area (Å²) in [5.41, 5.74) is -0.0276. The van der Waals surface area contributed by atoms with Gasteiger partial charge in [-0.25, -0.2) is 0 Å². The smallest absolute Gasteiger partial charge is 0.452 e. The molecular formula is C22H11F5O. The number of furan rings is 1. The Bertz CT molecular complexity index is 1220. The molecule has 0 aliphatic carbocycles. The van der Waals surface area contributed by atoms with Gasteiger partial charge in [0.15, 0.2) is 5.76 Å². The van der Waals surface area contributed by atoms with Crippen molar-refractivity contribution in [1.29, 1.82) is 0 Å². The summed E-state index contributed by atoms with van der Waals surface area (Å²) in [6.45, 7) is 0. The van der Waals surface area contributed by atoms with Crippen LogP contribution in [0.15, 0.2) is 71.1 Å². The predicted octanol–water partition coefficient (Wildman–Crippen LogP) is 6.64. The van der Waals surface area contributed by atoms with Crippen LogP contribution < -0.4 is 0 Å². The third kappa shape index (κ3) is 2.89. The fraction of sp³-hybridized carbons (Fsp3) is 0.0909. The molecule has 0 radical (unpaired) electrons. The van der Waals surface area contributed by atoms with Gasteiger partial charge in [0.1, 0.15) is 5.58 Å². The molecule has 0 unspecified atom stereocenters. The molecule has 1 nitrogen and oxygen atoms in total. The highest BCUT2D eigenvalue weighted by molar-refractivity contribution is 6.06. The standard InChI is InChI=1S/C22H11F5O/c23-21(24,22(25,26)27)20-18(12-10-14-6-2-1-3-7-14)17-13-11-15-8-4-5-9-16(15)19(17)28-20/h1-9,11,13H. The molecule has 1 heterocycles. The first-order valence-electron chi connectivity index (χ1n) is 8.25. The topological polar surface area (TPSA) is 13.1 Å². The van der Waals surface area contributed by atoms with E-state index in [9.17, 15) is 22.0 Å². The van der Waals surface area contributed by atoms with Crippen LogP contribution in [0.2, 0.25) is 0 Å². The Kier molecular flexibility index (Phi) is 4.11. The average molecular weight is 386 g/mol. The minimum absolute atomic E-state index is 0.0469. The van der Waals surface area contributed by atoms with E-state index in [1.807, 2.05) is 0 Å². The van der Waals surface area contributed by atoms with E-state index >= 15 is 0 Å². The minimum Gasteiger partial charge on any atom is -0.452 e. The van der Waals surface area contributed by atoms with Crippen LogP contribution in [0.5, 0.6) is 0 Å². The van der Waals surface area contributed by atoms with Gasteiger partial charge in [-0.3, -0.25) is 0 Å². The van der Waals surface area contributed by atoms with Crippen LogP contribution in [0.25, 0.3) is 21.7 Å². The fourth-order valence-electron chi connectivity index (χ4n) is 2.96. The molecule has 4 rings (SSSR count). The second-order valence-electron chi connectivity index (χ2n) is 6.16. The van der Waals surface area contributed by atoms with Crippen LogP contribution in [0.1, 0.15) is 16.9 Å². The summed E-state index contributed by atoms with van der Waals surface area (Å²) in [6, 6.07) is 18.2. The van der Waals surface area contributed by atoms with E-state index in [4.69, 9.17) is 4.42 Å². The van der Waals surface area contributed by atoms with Crippen molar-refractivity contribution < 1.29 is 26.4 Å². The Balaban J connectivity index is 2.04. The molecule has 0 saturated heterocycles. The first-order valence-corrected chi connectivity index (χ1v) is 8.25. The molecule has 1 aromatic heterocycles. The maximum Gasteiger partial charge on any atom is 0.461 e. The molecular weight excluding hydrogens is 375 g/mol. The Morgan fingerprint density at radius 2 is 1.36 bits per heavy atom. The lowest BCUT2D eigenvalue weighted by Crippen LogP contribution is -2.33. The normalized spacial score (nSPS) is 12.2. The largest absolute Gasteiger partial charge is 0.461 e. The zero-order valence-electron chi connectivity index (χ0n) is 14.1. The van der Waals surface area contributed by atoms with Crippen molar-refractivity contribution in [2.75, 3.05) is 0 Å². The van der Waals surface area contributed by atoms with Gasteiger partial charge >= 0.3 is 12.1 Å². The summed E-state index contributed by atoms with van der Waals surface area (Å²) >= 11 is 0. The van der Waals surface area contributed by atoms with Gasteiger partial charge in [-0.1, -0.05) is 60.4 Å². The number of hydrogen-bond acceptors (Lipinski definition) is 1. The van der Waals surface area contributed by atoms with E-state index in [0.717, 1.165) is 0 Å². The van der Waals surface area contributed by atoms with E-state index in [2.05, 4.69) is 11.8 Å². The van der Waals surface area contributed by atoms with Crippen molar-refractivity contribution in [3.05, 3.63) is 83.6 Å². The van der Waals surface area contributed by atoms with E-state index in [0.29, 0.717) is 16.3 Å². The monoisotopic (exact) mass is 386 g/mol. The van der Waals surface area contributed by atoms with Crippen molar-refractivity contribution in [2.45, 2.75) is 12.1 Å². The third-order valence-corrected chi connectivity index (χ3v) is 4.33. The van der Waals surface area contributed by atoms with E-state index in [-0.39, 0.29) is 11.0 Å². The maximum atomic E-state index is 14.2. The molecule has 3 aromatic carbocycles. The quantitative estimate of drug-likeness (QED) is 0.264. The molecule has 28 heavy (non-hydrogen) atoms. The molecule has 0 N–H and O–H groups in total. The molecule has 0 atom stereocenters. The van der Waals surface area contributed by atoms with Gasteiger partial charge in [0.05, 0.1) is 5.56 Å². The molecule has 0 saturated carbocycles. The van der Waals surface area contributed by atoms with Crippen molar-refractivity contribution in [2.24, 2.45) is 0 Å². The fourth-order valence-corrected chi connectivity index (χ4v) is 2.96. The van der Waals surface area contributed by atoms with Crippen molar-refractivity contribution >= 4 is 21.7 Å². The van der Waals surface area contributed by atoms with Crippen molar-refractivity contribution in [1.82, 2.24) is 0 Å². The van der Waals surface area contributed by atoms with E-state index < -0.39 is 23.4 Å². The minimum atomic E-state index is -5.81. The lowest BCUT2D eigenvalue weighted by Gasteiger charge is -2.17. The highest BCUT2D eigenvalue weighted by Crippen LogP contribution is 2.48. The highest BCUT2D eigenvalue weighted by atomic mass is 19.4. The zero-order valence-corrected chi connectivity index (χ0v) is 14.1. The summed E-state index contributed by atoms with van der Waals surface area (Å²) in [5.74, 6) is -1.55. The SMILES string of the molecule is FC(F)(F)C(F)(F)c1oc2c(ccc3ccccc32)c1C#Cc1ccccc1. The zero-order chi connectivity index (χ0) is 19.9. The van der Waals surface area contributed by atoms with Crippen LogP contribution in [0, 0.1) is 11.8 Å². The van der Waals surface area contributed by atoms with Crippen LogP contribution in [-0.2, 0) is 5.92 Å². The number of fused-ring (bicyclic) bond motifs is 3. The molecule has 4 aromatic rings. The van der Waals surface area contributed by atoms with Gasteiger partial charge < -0.3 is 4.42 Å². The Morgan fingerprint density at radius 3 is 2.07 bits per heavy atom. The Labute approximate surface area is 156 Å². The van der Waals surface area contributed by atoms with Crippen LogP contribution in [0.3, 0.4) is 0 Å². The van der Waals surface area contributed by atoms with Gasteiger partial charge in [0.25, 0.3) is 0 Å². The first kappa shape index (κ1) is 18.1. The lowest BCUT2D eigenvalue weighted by atomic mass is 10.0. The number of hydrogen-bond donors (Lipinski definition) is 0. The molecule has 0 spiro atoms. The van der Waals surface area contributed by atoms with Crippen molar-refractivity contribution in [3.8, 4) is 11.8 Å². The second kappa shape index (κ2) is 6.38. The Morgan fingerprint density at radius 1 is 0.679 bits per heavy atom. The molecule has 0 bridgehead atoms. The summed E-state index contributed by atoms with van der Waals surface area (Å²) in [4.78, 5) is 0. The number of benzene rings is 3. The summed E-state index contributed by atoms with van der Waals surface area (Å²) in [5, 5.41) is 1.21. The van der Waals surface area contributed by atoms with Gasteiger partial charge in [-0.15, -0.1) is 0 Å². The Hall–Kier alpha value is -3.33. The molecule has 0 aliphatic heterocycles. The van der Waals surface area contributed by atoms with Gasteiger partial charge in [-0.2, -0.15) is 22.0 Å². The van der Waals surface area contributed by atoms with E-state index in [1.165, 1.54) is 6.07 Å². The van der Waals surface area contributed by atoms with Gasteiger partial charge in [0, 0.05) is 16.3 Å². The average Bonchev–Trinajstić information content (AvgIpc) is 3.06. The van der Waals surface area contributed by atoms with Gasteiger partial charge in [0.2, 0.25) is 0 Å². The number of halogens is 5. The van der Waals surface area contributed by atoms with Gasteiger partial charge in [-0.05, 0) is 23.6 Å². The molecule has 0 fully saturated rings. The third-order valence-electron chi connectivity index (χ3n) is 4.33. The molecule has 0 amide bonds. The number of alkyl halides is 5. The van der Waals surface area contributed by atoms with Crippen molar-refractivity contribution in [3.63, 3.8) is 0 Å². The summed E-state index contributed by atoms with van der Waals surface area (Å²) < 4.78 is 72.7. The molecule has 140 valence electrons. The predicted molar refractivity (Wildman–Crippen MR) is 96.1 cm³/mol. The summed E-state index contributed by atoms with van der Waals surface area (Å²) in [7, 11) is 0. The summed E-state index contributed by atoms with van der Waals surface area (Å²) in [6.07, 6.45) is -5.81. The molecule has 0 aliphatic rings. The highest BCUT2D eigenvalue weighted by Gasteiger charge is 2.62. The van der Waals surface area contributed by atoms with Crippen LogP contribution >= 0.6 is 0 Å².